The number of benzene rings is 2. The van der Waals surface area contributed by atoms with Crippen LogP contribution in [0, 0.1) is 0 Å². The summed E-state index contributed by atoms with van der Waals surface area (Å²) in [5.41, 5.74) is 0.760. The lowest BCUT2D eigenvalue weighted by molar-refractivity contribution is -0.119. The molecular formula is C18H16Cl2N2O5S. The smallest absolute Gasteiger partial charge is 0.338 e. The highest BCUT2D eigenvalue weighted by Crippen LogP contribution is 2.29. The van der Waals surface area contributed by atoms with Crippen molar-refractivity contribution in [3.05, 3.63) is 58.1 Å². The van der Waals surface area contributed by atoms with Crippen LogP contribution in [0.5, 0.6) is 0 Å². The van der Waals surface area contributed by atoms with E-state index < -0.39 is 28.5 Å². The van der Waals surface area contributed by atoms with E-state index in [0.717, 1.165) is 0 Å². The molecule has 1 aliphatic rings. The van der Waals surface area contributed by atoms with E-state index in [2.05, 4.69) is 5.32 Å². The van der Waals surface area contributed by atoms with Gasteiger partial charge in [0.25, 0.3) is 5.91 Å². The van der Waals surface area contributed by atoms with Gasteiger partial charge in [0.15, 0.2) is 6.61 Å². The fraction of sp³-hybridized carbons (Fsp3) is 0.222. The van der Waals surface area contributed by atoms with Gasteiger partial charge in [0.05, 0.1) is 32.7 Å². The molecule has 0 spiro atoms. The molecule has 2 aromatic rings. The molecule has 0 unspecified atom stereocenters. The molecule has 0 saturated carbocycles. The third-order valence-corrected chi connectivity index (χ3v) is 6.53. The summed E-state index contributed by atoms with van der Waals surface area (Å²) < 4.78 is 30.3. The summed E-state index contributed by atoms with van der Waals surface area (Å²) in [5, 5.41) is 3.00. The predicted molar refractivity (Wildman–Crippen MR) is 108 cm³/mol. The lowest BCUT2D eigenvalue weighted by Crippen LogP contribution is -2.25. The maximum absolute atomic E-state index is 12.2. The van der Waals surface area contributed by atoms with Gasteiger partial charge in [-0.15, -0.1) is 0 Å². The van der Waals surface area contributed by atoms with E-state index in [0.29, 0.717) is 18.7 Å². The van der Waals surface area contributed by atoms with Gasteiger partial charge in [-0.1, -0.05) is 35.3 Å². The Hall–Kier alpha value is -2.29. The Morgan fingerprint density at radius 3 is 2.43 bits per heavy atom. The molecular weight excluding hydrogens is 427 g/mol. The fourth-order valence-electron chi connectivity index (χ4n) is 2.72. The van der Waals surface area contributed by atoms with Crippen molar-refractivity contribution in [3.8, 4) is 0 Å². The highest BCUT2D eigenvalue weighted by atomic mass is 35.5. The van der Waals surface area contributed by atoms with E-state index in [9.17, 15) is 18.0 Å². The number of anilines is 2. The molecule has 28 heavy (non-hydrogen) atoms. The van der Waals surface area contributed by atoms with Crippen LogP contribution in [0.15, 0.2) is 42.5 Å². The molecule has 1 heterocycles. The molecule has 148 valence electrons. The van der Waals surface area contributed by atoms with E-state index in [1.54, 1.807) is 30.3 Å². The number of hydrogen-bond donors (Lipinski definition) is 1. The molecule has 1 N–H and O–H groups in total. The van der Waals surface area contributed by atoms with Crippen molar-refractivity contribution in [3.63, 3.8) is 0 Å². The number of rotatable bonds is 5. The van der Waals surface area contributed by atoms with Crippen LogP contribution < -0.4 is 9.62 Å². The Labute approximate surface area is 172 Å². The molecule has 0 radical (unpaired) electrons. The van der Waals surface area contributed by atoms with Crippen LogP contribution in [0.4, 0.5) is 11.4 Å². The molecule has 1 amide bonds. The Bertz CT molecular complexity index is 1010. The Morgan fingerprint density at radius 1 is 1.11 bits per heavy atom. The monoisotopic (exact) mass is 442 g/mol. The number of carbonyl (C=O) groups excluding carboxylic acids is 2. The minimum atomic E-state index is -3.36. The van der Waals surface area contributed by atoms with Crippen LogP contribution in [0.2, 0.25) is 10.0 Å². The molecule has 1 aliphatic heterocycles. The molecule has 1 fully saturated rings. The average Bonchev–Trinajstić information content (AvgIpc) is 3.02. The Morgan fingerprint density at radius 2 is 1.79 bits per heavy atom. The van der Waals surface area contributed by atoms with Crippen LogP contribution in [-0.4, -0.2) is 39.2 Å². The van der Waals surface area contributed by atoms with Crippen molar-refractivity contribution in [2.24, 2.45) is 0 Å². The highest BCUT2D eigenvalue weighted by Gasteiger charge is 2.28. The lowest BCUT2D eigenvalue weighted by atomic mass is 10.2. The SMILES string of the molecule is O=C(COC(=O)c1cccc(N2CCCS2(=O)=O)c1)Nc1c(Cl)cccc1Cl. The van der Waals surface area contributed by atoms with Crippen molar-refractivity contribution >= 4 is 56.5 Å². The second-order valence-corrected chi connectivity index (χ2v) is 8.84. The third-order valence-electron chi connectivity index (χ3n) is 4.03. The first-order valence-electron chi connectivity index (χ1n) is 8.29. The number of esters is 1. The minimum absolute atomic E-state index is 0.0758. The summed E-state index contributed by atoms with van der Waals surface area (Å²) in [5.74, 6) is -1.28. The standard InChI is InChI=1S/C18H16Cl2N2O5S/c19-14-6-2-7-15(20)17(14)21-16(23)11-27-18(24)12-4-1-5-13(10-12)22-8-3-9-28(22,25)26/h1-2,4-7,10H,3,8-9,11H2,(H,21,23). The fourth-order valence-corrected chi connectivity index (χ4v) is 4.77. The lowest BCUT2D eigenvalue weighted by Gasteiger charge is -2.17. The first-order chi connectivity index (χ1) is 13.3. The van der Waals surface area contributed by atoms with Gasteiger partial charge in [-0.25, -0.2) is 13.2 Å². The molecule has 0 aromatic heterocycles. The maximum atomic E-state index is 12.2. The van der Waals surface area contributed by atoms with Crippen LogP contribution in [0.1, 0.15) is 16.8 Å². The molecule has 0 bridgehead atoms. The van der Waals surface area contributed by atoms with Gasteiger partial charge in [0.2, 0.25) is 10.0 Å². The van der Waals surface area contributed by atoms with Crippen molar-refractivity contribution in [1.82, 2.24) is 0 Å². The molecule has 3 rings (SSSR count). The summed E-state index contributed by atoms with van der Waals surface area (Å²) in [6.45, 7) is -0.186. The van der Waals surface area contributed by atoms with Gasteiger partial charge >= 0.3 is 5.97 Å². The zero-order valence-corrected chi connectivity index (χ0v) is 16.9. The molecule has 0 atom stereocenters. The van der Waals surface area contributed by atoms with Crippen molar-refractivity contribution in [2.75, 3.05) is 28.5 Å². The largest absolute Gasteiger partial charge is 0.452 e. The van der Waals surface area contributed by atoms with E-state index in [4.69, 9.17) is 27.9 Å². The number of para-hydroxylation sites is 1. The number of hydrogen-bond acceptors (Lipinski definition) is 5. The molecule has 2 aromatic carbocycles. The number of nitrogens with zero attached hydrogens (tertiary/aromatic N) is 1. The zero-order valence-electron chi connectivity index (χ0n) is 14.5. The first-order valence-corrected chi connectivity index (χ1v) is 10.7. The number of carbonyl (C=O) groups is 2. The van der Waals surface area contributed by atoms with E-state index >= 15 is 0 Å². The van der Waals surface area contributed by atoms with Crippen LogP contribution in [0.3, 0.4) is 0 Å². The summed E-state index contributed by atoms with van der Waals surface area (Å²) in [4.78, 5) is 24.3. The maximum Gasteiger partial charge on any atom is 0.338 e. The summed E-state index contributed by atoms with van der Waals surface area (Å²) in [6.07, 6.45) is 0.530. The van der Waals surface area contributed by atoms with Crippen LogP contribution in [0.25, 0.3) is 0 Å². The van der Waals surface area contributed by atoms with E-state index in [1.807, 2.05) is 0 Å². The van der Waals surface area contributed by atoms with Gasteiger partial charge < -0.3 is 10.1 Å². The molecule has 1 saturated heterocycles. The van der Waals surface area contributed by atoms with Gasteiger partial charge in [0.1, 0.15) is 0 Å². The third kappa shape index (κ3) is 4.57. The van der Waals surface area contributed by atoms with Crippen molar-refractivity contribution < 1.29 is 22.7 Å². The molecule has 10 heteroatoms. The number of halogens is 2. The normalized spacial score (nSPS) is 15.3. The second kappa shape index (κ2) is 8.38. The Kier molecular flexibility index (Phi) is 6.12. The minimum Gasteiger partial charge on any atom is -0.452 e. The van der Waals surface area contributed by atoms with Gasteiger partial charge in [0, 0.05) is 6.54 Å². The summed E-state index contributed by atoms with van der Waals surface area (Å²) in [7, 11) is -3.36. The average molecular weight is 443 g/mol. The number of sulfonamides is 1. The quantitative estimate of drug-likeness (QED) is 0.716. The van der Waals surface area contributed by atoms with Gasteiger partial charge in [-0.05, 0) is 36.8 Å². The van der Waals surface area contributed by atoms with E-state index in [-0.39, 0.29) is 27.0 Å². The van der Waals surface area contributed by atoms with E-state index in [1.165, 1.54) is 16.4 Å². The number of ether oxygens (including phenoxy) is 1. The predicted octanol–water partition coefficient (Wildman–Crippen LogP) is 3.33. The van der Waals surface area contributed by atoms with Crippen molar-refractivity contribution in [1.29, 1.82) is 0 Å². The number of amides is 1. The summed E-state index contributed by atoms with van der Waals surface area (Å²) >= 11 is 11.9. The highest BCUT2D eigenvalue weighted by molar-refractivity contribution is 7.93. The number of nitrogens with one attached hydrogen (secondary N) is 1. The van der Waals surface area contributed by atoms with Gasteiger partial charge in [-0.2, -0.15) is 0 Å². The second-order valence-electron chi connectivity index (χ2n) is 6.01. The zero-order chi connectivity index (χ0) is 20.3. The van der Waals surface area contributed by atoms with Crippen LogP contribution in [-0.2, 0) is 19.6 Å². The van der Waals surface area contributed by atoms with Crippen molar-refractivity contribution in [2.45, 2.75) is 6.42 Å². The first kappa shape index (κ1) is 20.4. The molecule has 0 aliphatic carbocycles. The van der Waals surface area contributed by atoms with Gasteiger partial charge in [-0.3, -0.25) is 9.10 Å². The summed E-state index contributed by atoms with van der Waals surface area (Å²) in [6, 6.07) is 10.8. The van der Waals surface area contributed by atoms with Crippen LogP contribution >= 0.6 is 23.2 Å². The Balaban J connectivity index is 1.64. The molecule has 7 nitrogen and oxygen atoms in total. The topological polar surface area (TPSA) is 92.8 Å².